The Labute approximate surface area is 277 Å². The van der Waals surface area contributed by atoms with E-state index in [0.29, 0.717) is 18.0 Å². The molecule has 0 amide bonds. The van der Waals surface area contributed by atoms with Gasteiger partial charge in [-0.3, -0.25) is 4.90 Å². The number of halogens is 6. The normalized spacial score (nSPS) is 22.5. The van der Waals surface area contributed by atoms with Crippen LogP contribution in [-0.2, 0) is 0 Å². The largest absolute Gasteiger partial charge is 0.508 e. The van der Waals surface area contributed by atoms with Gasteiger partial charge in [-0.15, -0.1) is 6.42 Å². The van der Waals surface area contributed by atoms with Gasteiger partial charge in [-0.1, -0.05) is 12.0 Å². The molecule has 2 N–H and O–H groups in total. The Hall–Kier alpha value is -4.55. The van der Waals surface area contributed by atoms with Crippen LogP contribution in [0.3, 0.4) is 0 Å². The van der Waals surface area contributed by atoms with E-state index in [2.05, 4.69) is 25.8 Å². The van der Waals surface area contributed by atoms with E-state index in [1.54, 1.807) is 0 Å². The lowest BCUT2D eigenvalue weighted by molar-refractivity contribution is -0.261. The second-order valence-electron chi connectivity index (χ2n) is 12.4. The van der Waals surface area contributed by atoms with Crippen LogP contribution in [0.5, 0.6) is 17.6 Å². The minimum atomic E-state index is -4.93. The number of terminal acetylenes is 1. The molecule has 5 heterocycles. The third-order valence-electron chi connectivity index (χ3n) is 9.30. The van der Waals surface area contributed by atoms with Crippen LogP contribution in [0, 0.1) is 24.0 Å². The predicted molar refractivity (Wildman–Crippen MR) is 169 cm³/mol. The average Bonchev–Trinajstić information content (AvgIpc) is 3.65. The van der Waals surface area contributed by atoms with Crippen molar-refractivity contribution >= 4 is 27.5 Å². The molecule has 0 aliphatic carbocycles. The number of aromatic nitrogens is 3. The summed E-state index contributed by atoms with van der Waals surface area (Å²) in [5.41, 5.74) is -4.17. The zero-order valence-corrected chi connectivity index (χ0v) is 26.6. The first-order chi connectivity index (χ1) is 23.3. The highest BCUT2D eigenvalue weighted by Crippen LogP contribution is 2.44. The number of methoxy groups -OCH3 is 2. The molecular formula is C34H33F6N5O4. The number of aromatic hydroxyl groups is 1. The number of phenols is 1. The topological polar surface area (TPSA) is 104 Å². The summed E-state index contributed by atoms with van der Waals surface area (Å²) < 4.78 is 95.1. The second-order valence-corrected chi connectivity index (χ2v) is 12.4. The summed E-state index contributed by atoms with van der Waals surface area (Å²) in [6.07, 6.45) is 2.85. The zero-order valence-electron chi connectivity index (χ0n) is 26.6. The molecule has 0 radical (unpaired) electrons. The van der Waals surface area contributed by atoms with Gasteiger partial charge in [0.1, 0.15) is 40.2 Å². The highest BCUT2D eigenvalue weighted by Gasteiger charge is 2.55. The third-order valence-corrected chi connectivity index (χ3v) is 9.30. The van der Waals surface area contributed by atoms with E-state index in [0.717, 1.165) is 30.0 Å². The van der Waals surface area contributed by atoms with Gasteiger partial charge in [0.05, 0.1) is 26.3 Å². The maximum Gasteiger partial charge on any atom is 0.418 e. The average molecular weight is 690 g/mol. The number of β-amino-alcohol motifs (C(OH)–C–C–N with tert-alkyl or cyclic N) is 1. The maximum atomic E-state index is 16.3. The Morgan fingerprint density at radius 1 is 1.04 bits per heavy atom. The number of piperidine rings is 1. The van der Waals surface area contributed by atoms with Gasteiger partial charge in [-0.2, -0.15) is 23.1 Å². The molecule has 2 aromatic heterocycles. The van der Waals surface area contributed by atoms with E-state index in [4.69, 9.17) is 15.9 Å². The molecule has 3 unspecified atom stereocenters. The maximum absolute atomic E-state index is 16.3. The number of pyridine rings is 1. The number of rotatable bonds is 4. The lowest BCUT2D eigenvalue weighted by Crippen LogP contribution is -2.57. The minimum Gasteiger partial charge on any atom is -0.508 e. The van der Waals surface area contributed by atoms with E-state index in [1.165, 1.54) is 39.2 Å². The van der Waals surface area contributed by atoms with Gasteiger partial charge >= 0.3 is 12.2 Å². The molecule has 4 aromatic rings. The van der Waals surface area contributed by atoms with Crippen molar-refractivity contribution in [2.75, 3.05) is 45.3 Å². The summed E-state index contributed by atoms with van der Waals surface area (Å²) >= 11 is 0. The van der Waals surface area contributed by atoms with Crippen LogP contribution >= 0.6 is 0 Å². The highest BCUT2D eigenvalue weighted by molar-refractivity contribution is 6.04. The molecule has 260 valence electrons. The number of alkyl halides is 4. The number of anilines is 1. The Morgan fingerprint density at radius 3 is 2.49 bits per heavy atom. The summed E-state index contributed by atoms with van der Waals surface area (Å²) in [7, 11) is 2.39. The highest BCUT2D eigenvalue weighted by atomic mass is 19.4. The number of ether oxygens (including phenoxy) is 2. The summed E-state index contributed by atoms with van der Waals surface area (Å²) in [5.74, 6) is -0.376. The van der Waals surface area contributed by atoms with Crippen molar-refractivity contribution < 1.29 is 46.0 Å². The molecule has 9 nitrogen and oxygen atoms in total. The van der Waals surface area contributed by atoms with E-state index in [1.807, 2.05) is 0 Å². The van der Waals surface area contributed by atoms with Crippen molar-refractivity contribution in [3.05, 3.63) is 41.5 Å². The van der Waals surface area contributed by atoms with Crippen LogP contribution in [0.15, 0.2) is 24.3 Å². The molecule has 7 rings (SSSR count). The monoisotopic (exact) mass is 689 g/mol. The molecule has 15 heteroatoms. The van der Waals surface area contributed by atoms with Crippen molar-refractivity contribution in [2.24, 2.45) is 0 Å². The summed E-state index contributed by atoms with van der Waals surface area (Å²) in [5, 5.41) is 20.9. The smallest absolute Gasteiger partial charge is 0.418 e. The first kappa shape index (κ1) is 34.3. The van der Waals surface area contributed by atoms with Crippen molar-refractivity contribution in [2.45, 2.75) is 56.1 Å². The lowest BCUT2D eigenvalue weighted by Gasteiger charge is -2.40. The van der Waals surface area contributed by atoms with Crippen molar-refractivity contribution in [3.63, 3.8) is 0 Å². The molecule has 3 aliphatic heterocycles. The molecule has 3 fully saturated rings. The van der Waals surface area contributed by atoms with E-state index < -0.39 is 53.8 Å². The molecule has 3 aliphatic rings. The third kappa shape index (κ3) is 6.23. The Balaban J connectivity index is 0.000000396. The molecule has 0 saturated carbocycles. The Morgan fingerprint density at radius 2 is 1.82 bits per heavy atom. The number of fused-ring (bicyclic) bond motifs is 3. The van der Waals surface area contributed by atoms with Crippen LogP contribution < -0.4 is 14.4 Å². The molecule has 3 saturated heterocycles. The first-order valence-electron chi connectivity index (χ1n) is 15.6. The quantitative estimate of drug-likeness (QED) is 0.200. The molecule has 2 aromatic carbocycles. The van der Waals surface area contributed by atoms with Crippen molar-refractivity contribution in [3.8, 4) is 41.2 Å². The van der Waals surface area contributed by atoms with Crippen LogP contribution in [0.2, 0.25) is 0 Å². The summed E-state index contributed by atoms with van der Waals surface area (Å²) in [4.78, 5) is 15.9. The van der Waals surface area contributed by atoms with Gasteiger partial charge in [-0.05, 0) is 62.2 Å². The summed E-state index contributed by atoms with van der Waals surface area (Å²) in [6, 6.07) is 5.16. The Kier molecular flexibility index (Phi) is 9.14. The van der Waals surface area contributed by atoms with Gasteiger partial charge in [0.2, 0.25) is 5.88 Å². The number of phenolic OH excluding ortho intramolecular Hbond substituents is 1. The second kappa shape index (κ2) is 13.1. The van der Waals surface area contributed by atoms with Crippen molar-refractivity contribution in [1.82, 2.24) is 19.9 Å². The van der Waals surface area contributed by atoms with Crippen LogP contribution in [0.25, 0.3) is 32.9 Å². The lowest BCUT2D eigenvalue weighted by atomic mass is 9.92. The van der Waals surface area contributed by atoms with Crippen LogP contribution in [0.4, 0.5) is 32.2 Å². The van der Waals surface area contributed by atoms with E-state index in [-0.39, 0.29) is 58.3 Å². The molecule has 3 atom stereocenters. The zero-order chi connectivity index (χ0) is 35.2. The number of aliphatic hydroxyl groups is 1. The predicted octanol–water partition coefficient (Wildman–Crippen LogP) is 5.91. The summed E-state index contributed by atoms with van der Waals surface area (Å²) in [6.45, 7) is 1.01. The number of hydrogen-bond donors (Lipinski definition) is 2. The molecular weight excluding hydrogens is 656 g/mol. The van der Waals surface area contributed by atoms with Crippen LogP contribution in [-0.4, -0.2) is 94.5 Å². The fraction of sp³-hybridized carbons (Fsp3) is 0.441. The number of hydrogen-bond acceptors (Lipinski definition) is 9. The van der Waals surface area contributed by atoms with Gasteiger partial charge in [0.25, 0.3) is 0 Å². The minimum absolute atomic E-state index is 0.0438. The first-order valence-corrected chi connectivity index (χ1v) is 15.6. The van der Waals surface area contributed by atoms with E-state index in [9.17, 15) is 32.2 Å². The van der Waals surface area contributed by atoms with Crippen LogP contribution in [0.1, 0.15) is 37.7 Å². The molecule has 0 bridgehead atoms. The van der Waals surface area contributed by atoms with Gasteiger partial charge in [0.15, 0.2) is 11.4 Å². The van der Waals surface area contributed by atoms with Gasteiger partial charge < -0.3 is 24.6 Å². The van der Waals surface area contributed by atoms with E-state index >= 15 is 4.39 Å². The fourth-order valence-corrected chi connectivity index (χ4v) is 6.98. The van der Waals surface area contributed by atoms with Gasteiger partial charge in [-0.25, -0.2) is 18.2 Å². The fourth-order valence-electron chi connectivity index (χ4n) is 6.98. The van der Waals surface area contributed by atoms with Gasteiger partial charge in [0, 0.05) is 30.1 Å². The standard InChI is InChI=1S/C27H21F5N4O4.C7H12FN/c1-4-15-17(28)7-6-13-10-14(37)11-16(18(13)15)21-20(29)22-19(24(33-21)39-2)23(35-25(34-22)40-3)36-9-5-8-26(38,12-36)27(30,31)32;8-6-4-7-2-1-3-9(7)5-6/h1,6-7,10-11,37-38H,5,8-9,12H2,2-3H3;6-7H,1-5H2. The number of nitrogens with zero attached hydrogens (tertiary/aromatic N) is 5. The number of benzene rings is 2. The Bertz CT molecular complexity index is 1940. The van der Waals surface area contributed by atoms with Crippen molar-refractivity contribution in [1.29, 1.82) is 0 Å². The molecule has 0 spiro atoms. The SMILES string of the molecule is C#Cc1c(F)ccc2cc(O)cc(-c3nc(OC)c4c(N5CCCC(O)(C(F)(F)F)C5)nc(OC)nc4c3F)c12.FC1CC2CCCN2C1. The molecule has 49 heavy (non-hydrogen) atoms.